The van der Waals surface area contributed by atoms with Crippen molar-refractivity contribution in [2.75, 3.05) is 0 Å². The Labute approximate surface area is 277 Å². The Hall–Kier alpha value is -6.88. The summed E-state index contributed by atoms with van der Waals surface area (Å²) in [5.74, 6) is 0. The van der Waals surface area contributed by atoms with Crippen molar-refractivity contribution in [3.8, 4) is 33.6 Å². The molecular formula is C44H26N4. The maximum atomic E-state index is 8.48. The van der Waals surface area contributed by atoms with E-state index in [1.54, 1.807) is 0 Å². The van der Waals surface area contributed by atoms with Crippen molar-refractivity contribution in [1.82, 2.24) is 9.13 Å². The number of rotatable bonds is 4. The van der Waals surface area contributed by atoms with Crippen LogP contribution >= 0.6 is 0 Å². The highest BCUT2D eigenvalue weighted by atomic mass is 15.0. The molecule has 0 N–H and O–H groups in total. The Balaban J connectivity index is 1.48. The maximum absolute atomic E-state index is 8.48. The number of hydrogen-bond acceptors (Lipinski definition) is 0. The molecule has 2 aromatic heterocycles. The van der Waals surface area contributed by atoms with Crippen LogP contribution in [-0.4, -0.2) is 9.13 Å². The molecule has 4 nitrogen and oxygen atoms in total. The molecule has 0 saturated heterocycles. The van der Waals surface area contributed by atoms with E-state index in [1.807, 2.05) is 42.5 Å². The van der Waals surface area contributed by atoms with Gasteiger partial charge in [-0.3, -0.25) is 0 Å². The monoisotopic (exact) mass is 610 g/mol. The summed E-state index contributed by atoms with van der Waals surface area (Å²) in [6, 6.07) is 54.3. The van der Waals surface area contributed by atoms with Gasteiger partial charge in [0.15, 0.2) is 5.69 Å². The average Bonchev–Trinajstić information content (AvgIpc) is 3.67. The number of para-hydroxylation sites is 4. The smallest absolute Gasteiger partial charge is 0.211 e. The molecule has 9 aromatic rings. The number of hydrogen-bond donors (Lipinski definition) is 0. The third kappa shape index (κ3) is 4.01. The molecule has 0 bridgehead atoms. The lowest BCUT2D eigenvalue weighted by molar-refractivity contribution is 1.16. The van der Waals surface area contributed by atoms with Crippen molar-refractivity contribution < 1.29 is 0 Å². The van der Waals surface area contributed by atoms with Crippen molar-refractivity contribution in [2.24, 2.45) is 0 Å². The van der Waals surface area contributed by atoms with E-state index in [0.29, 0.717) is 11.4 Å². The lowest BCUT2D eigenvalue weighted by atomic mass is 9.90. The molecule has 0 atom stereocenters. The van der Waals surface area contributed by atoms with E-state index in [9.17, 15) is 0 Å². The van der Waals surface area contributed by atoms with Crippen LogP contribution in [-0.2, 0) is 0 Å². The van der Waals surface area contributed by atoms with E-state index in [2.05, 4.69) is 134 Å². The van der Waals surface area contributed by atoms with Crippen LogP contribution in [0.3, 0.4) is 0 Å². The highest BCUT2D eigenvalue weighted by Gasteiger charge is 2.25. The molecular weight excluding hydrogens is 585 g/mol. The van der Waals surface area contributed by atoms with Gasteiger partial charge in [0.25, 0.3) is 0 Å². The normalized spacial score (nSPS) is 11.3. The van der Waals surface area contributed by atoms with E-state index >= 15 is 0 Å². The van der Waals surface area contributed by atoms with E-state index in [0.717, 1.165) is 66.5 Å². The Morgan fingerprint density at radius 2 is 0.979 bits per heavy atom. The number of nitrogens with zero attached hydrogens (tertiary/aromatic N) is 4. The van der Waals surface area contributed by atoms with Crippen molar-refractivity contribution >= 4 is 55.0 Å². The van der Waals surface area contributed by atoms with E-state index in [1.165, 1.54) is 10.8 Å². The highest BCUT2D eigenvalue weighted by molar-refractivity contribution is 6.13. The van der Waals surface area contributed by atoms with Gasteiger partial charge in [-0.1, -0.05) is 121 Å². The zero-order chi connectivity index (χ0) is 32.2. The Morgan fingerprint density at radius 1 is 0.417 bits per heavy atom. The second-order valence-corrected chi connectivity index (χ2v) is 11.9. The number of fused-ring (bicyclic) bond motifs is 6. The highest BCUT2D eigenvalue weighted by Crippen LogP contribution is 2.48. The SMILES string of the molecule is [C-]#[N+]c1ccc2c(c1)c1ccccc1n2-c1c([N+]#[C-])ccc(-c2ccccc2)c1-c1ccccc1-n1c2ccccc2c2ccccc21. The third-order valence-electron chi connectivity index (χ3n) is 9.37. The summed E-state index contributed by atoms with van der Waals surface area (Å²) in [5.41, 5.74) is 11.3. The average molecular weight is 611 g/mol. The van der Waals surface area contributed by atoms with Gasteiger partial charge in [-0.15, -0.1) is 0 Å². The van der Waals surface area contributed by atoms with Gasteiger partial charge in [-0.2, -0.15) is 0 Å². The molecule has 7 aromatic carbocycles. The molecule has 0 aliphatic rings. The van der Waals surface area contributed by atoms with Gasteiger partial charge in [0, 0.05) is 27.3 Å². The summed E-state index contributed by atoms with van der Waals surface area (Å²) >= 11 is 0. The summed E-state index contributed by atoms with van der Waals surface area (Å²) in [4.78, 5) is 7.90. The van der Waals surface area contributed by atoms with Gasteiger partial charge >= 0.3 is 0 Å². The predicted octanol–water partition coefficient (Wildman–Crippen LogP) is 12.3. The Morgan fingerprint density at radius 3 is 1.65 bits per heavy atom. The fraction of sp³-hybridized carbons (Fsp3) is 0. The second kappa shape index (κ2) is 10.9. The van der Waals surface area contributed by atoms with Crippen LogP contribution < -0.4 is 0 Å². The van der Waals surface area contributed by atoms with Gasteiger partial charge in [0.1, 0.15) is 0 Å². The van der Waals surface area contributed by atoms with E-state index in [4.69, 9.17) is 13.1 Å². The zero-order valence-electron chi connectivity index (χ0n) is 25.8. The van der Waals surface area contributed by atoms with Gasteiger partial charge in [0.05, 0.1) is 46.6 Å². The maximum Gasteiger partial charge on any atom is 0.211 e. The van der Waals surface area contributed by atoms with Crippen LogP contribution in [0.4, 0.5) is 11.4 Å². The lowest BCUT2D eigenvalue weighted by Gasteiger charge is -2.23. The van der Waals surface area contributed by atoms with E-state index < -0.39 is 0 Å². The predicted molar refractivity (Wildman–Crippen MR) is 199 cm³/mol. The first-order valence-corrected chi connectivity index (χ1v) is 15.9. The third-order valence-corrected chi connectivity index (χ3v) is 9.37. The summed E-state index contributed by atoms with van der Waals surface area (Å²) in [6.07, 6.45) is 0. The molecule has 0 unspecified atom stereocenters. The van der Waals surface area contributed by atoms with Gasteiger partial charge in [0.2, 0.25) is 5.69 Å². The molecule has 0 aliphatic carbocycles. The first kappa shape index (κ1) is 27.4. The summed E-state index contributed by atoms with van der Waals surface area (Å²) in [5, 5.41) is 4.42. The van der Waals surface area contributed by atoms with Crippen LogP contribution in [0.1, 0.15) is 0 Å². The molecule has 0 radical (unpaired) electrons. The number of benzene rings is 7. The molecule has 0 spiro atoms. The first-order chi connectivity index (χ1) is 23.8. The lowest BCUT2D eigenvalue weighted by Crippen LogP contribution is -2.03. The van der Waals surface area contributed by atoms with Crippen molar-refractivity contribution in [2.45, 2.75) is 0 Å². The van der Waals surface area contributed by atoms with Crippen LogP contribution in [0.15, 0.2) is 158 Å². The van der Waals surface area contributed by atoms with Crippen molar-refractivity contribution in [3.63, 3.8) is 0 Å². The molecule has 48 heavy (non-hydrogen) atoms. The van der Waals surface area contributed by atoms with Crippen molar-refractivity contribution in [3.05, 3.63) is 181 Å². The van der Waals surface area contributed by atoms with Gasteiger partial charge in [-0.25, -0.2) is 9.69 Å². The van der Waals surface area contributed by atoms with Crippen LogP contribution in [0.2, 0.25) is 0 Å². The summed E-state index contributed by atoms with van der Waals surface area (Å²) < 4.78 is 4.59. The Bertz CT molecular complexity index is 2750. The molecule has 0 fully saturated rings. The molecule has 2 heterocycles. The second-order valence-electron chi connectivity index (χ2n) is 11.9. The fourth-order valence-electron chi connectivity index (χ4n) is 7.36. The van der Waals surface area contributed by atoms with E-state index in [-0.39, 0.29) is 0 Å². The molecule has 0 saturated carbocycles. The number of aromatic nitrogens is 2. The summed E-state index contributed by atoms with van der Waals surface area (Å²) in [7, 11) is 0. The fourth-order valence-corrected chi connectivity index (χ4v) is 7.36. The van der Waals surface area contributed by atoms with Crippen molar-refractivity contribution in [1.29, 1.82) is 0 Å². The minimum absolute atomic E-state index is 0.554. The molecule has 0 amide bonds. The van der Waals surface area contributed by atoms with Crippen LogP contribution in [0.25, 0.3) is 86.9 Å². The minimum atomic E-state index is 0.554. The Kier molecular flexibility index (Phi) is 6.22. The molecule has 222 valence electrons. The summed E-state index contributed by atoms with van der Waals surface area (Å²) in [6.45, 7) is 16.2. The molecule has 4 heteroatoms. The van der Waals surface area contributed by atoms with Gasteiger partial charge in [-0.05, 0) is 52.9 Å². The zero-order valence-corrected chi connectivity index (χ0v) is 25.8. The topological polar surface area (TPSA) is 18.6 Å². The molecule has 9 rings (SSSR count). The van der Waals surface area contributed by atoms with Gasteiger partial charge < -0.3 is 9.13 Å². The quantitative estimate of drug-likeness (QED) is 0.177. The van der Waals surface area contributed by atoms with Crippen LogP contribution in [0.5, 0.6) is 0 Å². The largest absolute Gasteiger partial charge is 0.318 e. The van der Waals surface area contributed by atoms with Crippen LogP contribution in [0, 0.1) is 13.1 Å². The molecule has 0 aliphatic heterocycles. The first-order valence-electron chi connectivity index (χ1n) is 15.9. The minimum Gasteiger partial charge on any atom is -0.318 e. The standard InChI is InChI=1S/C44H26N4/c1-45-30-24-27-42-36(28-30)34-18-8-12-22-40(34)48(42)44-37(46-2)26-25-31(29-14-4-3-5-15-29)43(44)35-19-9-13-23-41(35)47-38-20-10-6-16-32(38)33-17-7-11-21-39(33)47/h3-28H.